The topological polar surface area (TPSA) is 37.3 Å². The van der Waals surface area contributed by atoms with Gasteiger partial charge >= 0.3 is 0 Å². The van der Waals surface area contributed by atoms with Gasteiger partial charge in [0.15, 0.2) is 5.78 Å². The molecule has 2 nitrogen and oxygen atoms in total. The second-order valence-electron chi connectivity index (χ2n) is 7.33. The lowest BCUT2D eigenvalue weighted by atomic mass is 9.92. The van der Waals surface area contributed by atoms with E-state index in [4.69, 9.17) is 0 Å². The molecule has 1 aliphatic rings. The van der Waals surface area contributed by atoms with Crippen LogP contribution in [0.5, 0.6) is 0 Å². The zero-order valence-electron chi connectivity index (χ0n) is 15.3. The lowest BCUT2D eigenvalue weighted by molar-refractivity contribution is -0.131. The smallest absolute Gasteiger partial charge is 0.164 e. The predicted octanol–water partition coefficient (Wildman–Crippen LogP) is 5.97. The van der Waals surface area contributed by atoms with Gasteiger partial charge in [-0.25, -0.2) is 0 Å². The van der Waals surface area contributed by atoms with Crippen molar-refractivity contribution in [3.8, 4) is 0 Å². The maximum Gasteiger partial charge on any atom is 0.164 e. The summed E-state index contributed by atoms with van der Waals surface area (Å²) in [5.74, 6) is 0.100. The third kappa shape index (κ3) is 10.7. The minimum atomic E-state index is -0.722. The molecule has 0 heterocycles. The third-order valence-electron chi connectivity index (χ3n) is 5.09. The number of rotatable bonds is 0. The quantitative estimate of drug-likeness (QED) is 0.557. The Morgan fingerprint density at radius 2 is 1.17 bits per heavy atom. The SMILES string of the molecule is CC1CCCCCCCC=CCCCCCCCCC(O)C1=O. The van der Waals surface area contributed by atoms with Gasteiger partial charge in [-0.15, -0.1) is 0 Å². The molecule has 0 aliphatic heterocycles. The van der Waals surface area contributed by atoms with Gasteiger partial charge in [-0.05, 0) is 38.5 Å². The minimum absolute atomic E-state index is 0.0264. The van der Waals surface area contributed by atoms with Crippen LogP contribution in [-0.2, 0) is 4.79 Å². The number of carbonyl (C=O) groups excluding carboxylic acids is 1. The van der Waals surface area contributed by atoms with Gasteiger partial charge in [-0.3, -0.25) is 4.79 Å². The molecule has 134 valence electrons. The maximum atomic E-state index is 12.2. The second-order valence-corrected chi connectivity index (χ2v) is 7.33. The molecular weight excluding hydrogens is 284 g/mol. The van der Waals surface area contributed by atoms with E-state index in [1.165, 1.54) is 64.2 Å². The Balaban J connectivity index is 2.32. The number of ketones is 1. The van der Waals surface area contributed by atoms with Crippen LogP contribution in [-0.4, -0.2) is 17.0 Å². The van der Waals surface area contributed by atoms with Gasteiger partial charge in [0.05, 0.1) is 0 Å². The van der Waals surface area contributed by atoms with E-state index < -0.39 is 6.10 Å². The number of hydrogen-bond acceptors (Lipinski definition) is 2. The lowest BCUT2D eigenvalue weighted by Gasteiger charge is -2.15. The minimum Gasteiger partial charge on any atom is -0.385 e. The van der Waals surface area contributed by atoms with Crippen molar-refractivity contribution in [2.45, 2.75) is 109 Å². The Bertz CT molecular complexity index is 322. The van der Waals surface area contributed by atoms with E-state index in [9.17, 15) is 9.90 Å². The summed E-state index contributed by atoms with van der Waals surface area (Å²) in [6, 6.07) is 0. The summed E-state index contributed by atoms with van der Waals surface area (Å²) < 4.78 is 0. The molecule has 0 spiro atoms. The van der Waals surface area contributed by atoms with Gasteiger partial charge in [-0.2, -0.15) is 0 Å². The highest BCUT2D eigenvalue weighted by molar-refractivity contribution is 5.84. The van der Waals surface area contributed by atoms with Crippen LogP contribution in [0, 0.1) is 5.92 Å². The Labute approximate surface area is 143 Å². The molecule has 23 heavy (non-hydrogen) atoms. The fourth-order valence-electron chi connectivity index (χ4n) is 3.40. The standard InChI is InChI=1S/C21H38O2/c1-19-17-15-13-11-9-7-5-3-2-4-6-8-10-12-14-16-18-20(22)21(19)23/h2-3,19-20,22H,4-18H2,1H3. The van der Waals surface area contributed by atoms with Crippen molar-refractivity contribution in [3.05, 3.63) is 12.2 Å². The monoisotopic (exact) mass is 322 g/mol. The molecule has 0 bridgehead atoms. The molecule has 0 saturated heterocycles. The number of aliphatic hydroxyl groups excluding tert-OH is 1. The van der Waals surface area contributed by atoms with Crippen molar-refractivity contribution in [3.63, 3.8) is 0 Å². The molecule has 1 aliphatic carbocycles. The summed E-state index contributed by atoms with van der Waals surface area (Å²) in [4.78, 5) is 12.2. The van der Waals surface area contributed by atoms with Crippen LogP contribution in [0.25, 0.3) is 0 Å². The molecular formula is C21H38O2. The Hall–Kier alpha value is -0.630. The molecule has 0 fully saturated rings. The summed E-state index contributed by atoms with van der Waals surface area (Å²) >= 11 is 0. The average Bonchev–Trinajstić information content (AvgIpc) is 2.55. The van der Waals surface area contributed by atoms with E-state index in [0.29, 0.717) is 6.42 Å². The van der Waals surface area contributed by atoms with E-state index >= 15 is 0 Å². The van der Waals surface area contributed by atoms with Gasteiger partial charge in [0.2, 0.25) is 0 Å². The molecule has 0 aromatic heterocycles. The van der Waals surface area contributed by atoms with E-state index in [1.807, 2.05) is 6.92 Å². The summed E-state index contributed by atoms with van der Waals surface area (Å²) in [6.07, 6.45) is 21.5. The fraction of sp³-hybridized carbons (Fsp3) is 0.857. The van der Waals surface area contributed by atoms with Crippen molar-refractivity contribution in [1.82, 2.24) is 0 Å². The van der Waals surface area contributed by atoms with E-state index in [2.05, 4.69) is 12.2 Å². The first kappa shape index (κ1) is 20.4. The fourth-order valence-corrected chi connectivity index (χ4v) is 3.40. The van der Waals surface area contributed by atoms with Gasteiger partial charge in [0.1, 0.15) is 6.10 Å². The number of carbonyl (C=O) groups is 1. The van der Waals surface area contributed by atoms with Crippen molar-refractivity contribution in [2.24, 2.45) is 5.92 Å². The molecule has 0 amide bonds. The largest absolute Gasteiger partial charge is 0.385 e. The first-order valence-electron chi connectivity index (χ1n) is 10.1. The van der Waals surface area contributed by atoms with Crippen LogP contribution in [0.3, 0.4) is 0 Å². The van der Waals surface area contributed by atoms with Crippen LogP contribution in [0.15, 0.2) is 12.2 Å². The number of Topliss-reactive ketones (excluding diaryl/α,β-unsaturated/α-hetero) is 1. The molecule has 0 aromatic rings. The maximum absolute atomic E-state index is 12.2. The summed E-state index contributed by atoms with van der Waals surface area (Å²) in [7, 11) is 0. The normalized spacial score (nSPS) is 28.3. The van der Waals surface area contributed by atoms with Gasteiger partial charge < -0.3 is 5.11 Å². The first-order valence-corrected chi connectivity index (χ1v) is 10.1. The average molecular weight is 323 g/mol. The van der Waals surface area contributed by atoms with Crippen LogP contribution in [0.2, 0.25) is 0 Å². The summed E-state index contributed by atoms with van der Waals surface area (Å²) in [5.41, 5.74) is 0. The Kier molecular flexibility index (Phi) is 12.2. The van der Waals surface area contributed by atoms with Crippen LogP contribution >= 0.6 is 0 Å². The number of aliphatic hydroxyl groups is 1. The zero-order valence-corrected chi connectivity index (χ0v) is 15.3. The lowest BCUT2D eigenvalue weighted by Crippen LogP contribution is -2.26. The van der Waals surface area contributed by atoms with Gasteiger partial charge in [0, 0.05) is 5.92 Å². The molecule has 0 saturated carbocycles. The second kappa shape index (κ2) is 13.8. The molecule has 1 N–H and O–H groups in total. The Morgan fingerprint density at radius 1 is 0.739 bits per heavy atom. The van der Waals surface area contributed by atoms with Crippen molar-refractivity contribution in [1.29, 1.82) is 0 Å². The highest BCUT2D eigenvalue weighted by Crippen LogP contribution is 2.17. The highest BCUT2D eigenvalue weighted by atomic mass is 16.3. The molecule has 0 radical (unpaired) electrons. The molecule has 1 rings (SSSR count). The number of hydrogen-bond donors (Lipinski definition) is 1. The highest BCUT2D eigenvalue weighted by Gasteiger charge is 2.20. The van der Waals surface area contributed by atoms with E-state index in [0.717, 1.165) is 25.7 Å². The first-order chi connectivity index (χ1) is 11.2. The van der Waals surface area contributed by atoms with Crippen LogP contribution in [0.4, 0.5) is 0 Å². The van der Waals surface area contributed by atoms with Gasteiger partial charge in [0.25, 0.3) is 0 Å². The molecule has 2 unspecified atom stereocenters. The van der Waals surface area contributed by atoms with Crippen molar-refractivity contribution >= 4 is 5.78 Å². The van der Waals surface area contributed by atoms with E-state index in [1.54, 1.807) is 0 Å². The molecule has 0 aromatic carbocycles. The van der Waals surface area contributed by atoms with Crippen LogP contribution in [0.1, 0.15) is 103 Å². The molecule has 2 heteroatoms. The summed E-state index contributed by atoms with van der Waals surface area (Å²) in [5, 5.41) is 10.1. The van der Waals surface area contributed by atoms with Crippen molar-refractivity contribution < 1.29 is 9.90 Å². The third-order valence-corrected chi connectivity index (χ3v) is 5.09. The van der Waals surface area contributed by atoms with Gasteiger partial charge in [-0.1, -0.05) is 76.9 Å². The van der Waals surface area contributed by atoms with Crippen LogP contribution < -0.4 is 0 Å². The Morgan fingerprint density at radius 3 is 1.74 bits per heavy atom. The van der Waals surface area contributed by atoms with Crippen molar-refractivity contribution in [2.75, 3.05) is 0 Å². The predicted molar refractivity (Wildman–Crippen MR) is 98.6 cm³/mol. The number of allylic oxidation sites excluding steroid dienone is 2. The summed E-state index contributed by atoms with van der Waals surface area (Å²) in [6.45, 7) is 1.99. The zero-order chi connectivity index (χ0) is 16.8. The molecule has 2 atom stereocenters. The van der Waals surface area contributed by atoms with E-state index in [-0.39, 0.29) is 11.7 Å².